The molecule has 1 atom stereocenters. The normalized spacial score (nSPS) is 12.6. The van der Waals surface area contributed by atoms with E-state index in [0.717, 1.165) is 18.4 Å². The number of carbonyl (C=O) groups excluding carboxylic acids is 1. The van der Waals surface area contributed by atoms with Crippen molar-refractivity contribution in [3.8, 4) is 0 Å². The van der Waals surface area contributed by atoms with Gasteiger partial charge in [-0.2, -0.15) is 5.10 Å². The highest BCUT2D eigenvalue weighted by Crippen LogP contribution is 2.10. The van der Waals surface area contributed by atoms with Crippen molar-refractivity contribution < 1.29 is 4.79 Å². The second-order valence-corrected chi connectivity index (χ2v) is 4.28. The Hall–Kier alpha value is -1.88. The number of hydrogen-bond acceptors (Lipinski definition) is 3. The van der Waals surface area contributed by atoms with Gasteiger partial charge >= 0.3 is 0 Å². The summed E-state index contributed by atoms with van der Waals surface area (Å²) in [6.45, 7) is 2.53. The summed E-state index contributed by atoms with van der Waals surface area (Å²) in [6.07, 6.45) is 5.29. The molecule has 2 aromatic rings. The maximum absolute atomic E-state index is 12.1. The van der Waals surface area contributed by atoms with Gasteiger partial charge in [-0.15, -0.1) is 0 Å². The third-order valence-corrected chi connectivity index (χ3v) is 2.93. The fourth-order valence-electron chi connectivity index (χ4n) is 1.97. The van der Waals surface area contributed by atoms with Crippen LogP contribution >= 0.6 is 0 Å². The van der Waals surface area contributed by atoms with E-state index in [4.69, 9.17) is 5.73 Å². The van der Waals surface area contributed by atoms with E-state index in [1.807, 2.05) is 24.4 Å². The molecule has 96 valence electrons. The number of nitrogens with one attached hydrogen (secondary N) is 1. The van der Waals surface area contributed by atoms with Gasteiger partial charge in [0, 0.05) is 18.8 Å². The van der Waals surface area contributed by atoms with Crippen molar-refractivity contribution in [2.24, 2.45) is 5.73 Å². The van der Waals surface area contributed by atoms with Crippen molar-refractivity contribution in [3.63, 3.8) is 0 Å². The van der Waals surface area contributed by atoms with Gasteiger partial charge in [-0.1, -0.05) is 19.4 Å². The molecule has 0 aliphatic carbocycles. The van der Waals surface area contributed by atoms with Crippen molar-refractivity contribution in [2.45, 2.75) is 25.8 Å². The number of nitrogens with two attached hydrogens (primary N) is 1. The number of pyridine rings is 1. The molecule has 0 spiro atoms. The van der Waals surface area contributed by atoms with Gasteiger partial charge in [0.05, 0.1) is 17.3 Å². The molecule has 3 N–H and O–H groups in total. The van der Waals surface area contributed by atoms with Crippen molar-refractivity contribution in [1.29, 1.82) is 0 Å². The highest BCUT2D eigenvalue weighted by Gasteiger charge is 2.15. The maximum atomic E-state index is 12.1. The summed E-state index contributed by atoms with van der Waals surface area (Å²) < 4.78 is 1.69. The number of hydrogen-bond donors (Lipinski definition) is 2. The van der Waals surface area contributed by atoms with Crippen LogP contribution in [0.25, 0.3) is 5.52 Å². The third kappa shape index (κ3) is 2.51. The minimum atomic E-state index is -0.111. The van der Waals surface area contributed by atoms with Gasteiger partial charge in [-0.3, -0.25) is 4.79 Å². The first kappa shape index (κ1) is 12.6. The number of rotatable bonds is 5. The van der Waals surface area contributed by atoms with E-state index >= 15 is 0 Å². The van der Waals surface area contributed by atoms with Crippen molar-refractivity contribution in [2.75, 3.05) is 6.54 Å². The lowest BCUT2D eigenvalue weighted by atomic mass is 10.1. The average Bonchev–Trinajstić information content (AvgIpc) is 2.82. The predicted octanol–water partition coefficient (Wildman–Crippen LogP) is 1.19. The quantitative estimate of drug-likeness (QED) is 0.832. The summed E-state index contributed by atoms with van der Waals surface area (Å²) in [7, 11) is 0. The zero-order chi connectivity index (χ0) is 13.0. The standard InChI is InChI=1S/C13H18N4O/c1-2-5-10(8-14)16-13(18)11-9-15-17-7-4-3-6-12(11)17/h3-4,6-7,9-10H,2,5,8,14H2,1H3,(H,16,18). The Balaban J connectivity index is 2.18. The van der Waals surface area contributed by atoms with E-state index in [2.05, 4.69) is 17.3 Å². The molecule has 0 radical (unpaired) electrons. The van der Waals surface area contributed by atoms with E-state index < -0.39 is 0 Å². The van der Waals surface area contributed by atoms with Gasteiger partial charge in [0.15, 0.2) is 0 Å². The van der Waals surface area contributed by atoms with E-state index in [0.29, 0.717) is 12.1 Å². The number of nitrogens with zero attached hydrogens (tertiary/aromatic N) is 2. The average molecular weight is 246 g/mol. The van der Waals surface area contributed by atoms with Gasteiger partial charge in [0.1, 0.15) is 0 Å². The Morgan fingerprint density at radius 3 is 3.11 bits per heavy atom. The van der Waals surface area contributed by atoms with Crippen LogP contribution in [0.3, 0.4) is 0 Å². The molecule has 0 aromatic carbocycles. The molecule has 1 amide bonds. The van der Waals surface area contributed by atoms with Gasteiger partial charge in [0.25, 0.3) is 5.91 Å². The second-order valence-electron chi connectivity index (χ2n) is 4.28. The summed E-state index contributed by atoms with van der Waals surface area (Å²) in [4.78, 5) is 12.1. The van der Waals surface area contributed by atoms with Gasteiger partial charge < -0.3 is 11.1 Å². The SMILES string of the molecule is CCCC(CN)NC(=O)c1cnn2ccccc12. The molecule has 0 aliphatic heterocycles. The summed E-state index contributed by atoms with van der Waals surface area (Å²) in [6, 6.07) is 5.67. The zero-order valence-corrected chi connectivity index (χ0v) is 10.5. The molecule has 0 fully saturated rings. The summed E-state index contributed by atoms with van der Waals surface area (Å²) in [5, 5.41) is 7.09. The molecular formula is C13H18N4O. The van der Waals surface area contributed by atoms with Crippen LogP contribution in [0, 0.1) is 0 Å². The lowest BCUT2D eigenvalue weighted by molar-refractivity contribution is 0.0938. The molecule has 2 rings (SSSR count). The van der Waals surface area contributed by atoms with Crippen LogP contribution in [0.15, 0.2) is 30.6 Å². The van der Waals surface area contributed by atoms with E-state index in [1.165, 1.54) is 0 Å². The molecule has 2 heterocycles. The molecule has 1 unspecified atom stereocenters. The molecule has 0 bridgehead atoms. The van der Waals surface area contributed by atoms with Crippen LogP contribution in [0.5, 0.6) is 0 Å². The summed E-state index contributed by atoms with van der Waals surface area (Å²) in [5.74, 6) is -0.111. The van der Waals surface area contributed by atoms with E-state index in [1.54, 1.807) is 10.7 Å². The molecule has 5 heteroatoms. The molecular weight excluding hydrogens is 228 g/mol. The first-order chi connectivity index (χ1) is 8.76. The fourth-order valence-corrected chi connectivity index (χ4v) is 1.97. The number of carbonyl (C=O) groups is 1. The minimum absolute atomic E-state index is 0.0289. The molecule has 0 aliphatic rings. The van der Waals surface area contributed by atoms with Gasteiger partial charge in [0.2, 0.25) is 0 Å². The fraction of sp³-hybridized carbons (Fsp3) is 0.385. The lowest BCUT2D eigenvalue weighted by Crippen LogP contribution is -2.40. The van der Waals surface area contributed by atoms with E-state index in [-0.39, 0.29) is 11.9 Å². The molecule has 2 aromatic heterocycles. The largest absolute Gasteiger partial charge is 0.348 e. The first-order valence-electron chi connectivity index (χ1n) is 6.19. The summed E-state index contributed by atoms with van der Waals surface area (Å²) >= 11 is 0. The predicted molar refractivity (Wildman–Crippen MR) is 70.4 cm³/mol. The second kappa shape index (κ2) is 5.64. The Kier molecular flexibility index (Phi) is 3.94. The molecule has 18 heavy (non-hydrogen) atoms. The first-order valence-corrected chi connectivity index (χ1v) is 6.19. The van der Waals surface area contributed by atoms with E-state index in [9.17, 15) is 4.79 Å². The van der Waals surface area contributed by atoms with Crippen LogP contribution < -0.4 is 11.1 Å². The van der Waals surface area contributed by atoms with Crippen molar-refractivity contribution in [3.05, 3.63) is 36.2 Å². The lowest BCUT2D eigenvalue weighted by Gasteiger charge is -2.15. The molecule has 0 saturated heterocycles. The minimum Gasteiger partial charge on any atom is -0.348 e. The highest BCUT2D eigenvalue weighted by atomic mass is 16.1. The van der Waals surface area contributed by atoms with Crippen LogP contribution in [-0.4, -0.2) is 28.1 Å². The molecule has 5 nitrogen and oxygen atoms in total. The Morgan fingerprint density at radius 2 is 2.39 bits per heavy atom. The van der Waals surface area contributed by atoms with Crippen molar-refractivity contribution >= 4 is 11.4 Å². The van der Waals surface area contributed by atoms with Crippen LogP contribution in [0.1, 0.15) is 30.1 Å². The van der Waals surface area contributed by atoms with Crippen LogP contribution in [0.2, 0.25) is 0 Å². The molecule has 0 saturated carbocycles. The van der Waals surface area contributed by atoms with Gasteiger partial charge in [-0.25, -0.2) is 4.52 Å². The van der Waals surface area contributed by atoms with Crippen LogP contribution in [0.4, 0.5) is 0 Å². The Morgan fingerprint density at radius 1 is 1.56 bits per heavy atom. The Bertz CT molecular complexity index is 535. The number of amides is 1. The number of aromatic nitrogens is 2. The topological polar surface area (TPSA) is 72.4 Å². The third-order valence-electron chi connectivity index (χ3n) is 2.93. The maximum Gasteiger partial charge on any atom is 0.255 e. The van der Waals surface area contributed by atoms with Gasteiger partial charge in [-0.05, 0) is 18.6 Å². The van der Waals surface area contributed by atoms with Crippen molar-refractivity contribution in [1.82, 2.24) is 14.9 Å². The smallest absolute Gasteiger partial charge is 0.255 e. The zero-order valence-electron chi connectivity index (χ0n) is 10.5. The Labute approximate surface area is 106 Å². The summed E-state index contributed by atoms with van der Waals surface area (Å²) in [5.41, 5.74) is 7.03. The number of fused-ring (bicyclic) bond motifs is 1. The monoisotopic (exact) mass is 246 g/mol. The highest BCUT2D eigenvalue weighted by molar-refractivity contribution is 6.00. The van der Waals surface area contributed by atoms with Crippen LogP contribution in [-0.2, 0) is 0 Å².